The number of carbonyl (C=O) groups is 1. The SMILES string of the molecule is N#C[C@@H]1CCCN1C(=O)CN[C@@H]1CC[C@H](CNc2nnnn2-c2ccccc2)C1. The summed E-state index contributed by atoms with van der Waals surface area (Å²) in [6.07, 6.45) is 4.86. The molecule has 0 bridgehead atoms. The first-order chi connectivity index (χ1) is 14.2. The fourth-order valence-corrected chi connectivity index (χ4v) is 4.25. The van der Waals surface area contributed by atoms with Gasteiger partial charge < -0.3 is 15.5 Å². The number of hydrogen-bond donors (Lipinski definition) is 2. The summed E-state index contributed by atoms with van der Waals surface area (Å²) in [6, 6.07) is 12.1. The number of nitrogens with one attached hydrogen (secondary N) is 2. The third-order valence-corrected chi connectivity index (χ3v) is 5.82. The van der Waals surface area contributed by atoms with Crippen molar-refractivity contribution in [1.82, 2.24) is 30.4 Å². The van der Waals surface area contributed by atoms with Gasteiger partial charge in [-0.05, 0) is 60.6 Å². The van der Waals surface area contributed by atoms with E-state index in [0.717, 1.165) is 44.3 Å². The number of likely N-dealkylation sites (tertiary alicyclic amines) is 1. The van der Waals surface area contributed by atoms with E-state index in [0.29, 0.717) is 31.0 Å². The minimum Gasteiger partial charge on any atom is -0.352 e. The first-order valence-corrected chi connectivity index (χ1v) is 10.2. The quantitative estimate of drug-likeness (QED) is 0.729. The molecule has 4 rings (SSSR count). The number of tetrazole rings is 1. The summed E-state index contributed by atoms with van der Waals surface area (Å²) in [5.74, 6) is 1.18. The molecule has 3 atom stereocenters. The maximum atomic E-state index is 12.4. The number of carbonyl (C=O) groups excluding carboxylic acids is 1. The summed E-state index contributed by atoms with van der Waals surface area (Å²) in [6.45, 7) is 1.81. The van der Waals surface area contributed by atoms with Crippen molar-refractivity contribution in [2.45, 2.75) is 44.2 Å². The molecule has 1 aliphatic heterocycles. The fraction of sp³-hybridized carbons (Fsp3) is 0.550. The second-order valence-corrected chi connectivity index (χ2v) is 7.76. The van der Waals surface area contributed by atoms with Gasteiger partial charge in [-0.25, -0.2) is 0 Å². The van der Waals surface area contributed by atoms with Crippen molar-refractivity contribution < 1.29 is 4.79 Å². The van der Waals surface area contributed by atoms with Crippen LogP contribution in [0.25, 0.3) is 5.69 Å². The molecule has 9 heteroatoms. The Bertz CT molecular complexity index is 861. The predicted octanol–water partition coefficient (Wildman–Crippen LogP) is 1.35. The molecule has 2 heterocycles. The predicted molar refractivity (Wildman–Crippen MR) is 107 cm³/mol. The molecular formula is C20H26N8O. The van der Waals surface area contributed by atoms with Gasteiger partial charge in [0.05, 0.1) is 18.3 Å². The Hall–Kier alpha value is -2.99. The van der Waals surface area contributed by atoms with E-state index in [4.69, 9.17) is 5.26 Å². The van der Waals surface area contributed by atoms with Crippen molar-refractivity contribution in [3.63, 3.8) is 0 Å². The average molecular weight is 394 g/mol. The summed E-state index contributed by atoms with van der Waals surface area (Å²) in [5.41, 5.74) is 0.919. The molecule has 1 amide bonds. The van der Waals surface area contributed by atoms with Crippen LogP contribution in [0.1, 0.15) is 32.1 Å². The smallest absolute Gasteiger partial charge is 0.247 e. The highest BCUT2D eigenvalue weighted by atomic mass is 16.2. The molecule has 29 heavy (non-hydrogen) atoms. The molecule has 2 N–H and O–H groups in total. The average Bonchev–Trinajstić information content (AvgIpc) is 3.51. The minimum atomic E-state index is -0.250. The van der Waals surface area contributed by atoms with E-state index in [1.54, 1.807) is 9.58 Å². The van der Waals surface area contributed by atoms with E-state index in [1.165, 1.54) is 0 Å². The van der Waals surface area contributed by atoms with Gasteiger partial charge >= 0.3 is 0 Å². The van der Waals surface area contributed by atoms with Crippen molar-refractivity contribution in [3.8, 4) is 11.8 Å². The van der Waals surface area contributed by atoms with Crippen molar-refractivity contribution >= 4 is 11.9 Å². The summed E-state index contributed by atoms with van der Waals surface area (Å²) < 4.78 is 1.70. The van der Waals surface area contributed by atoms with E-state index in [2.05, 4.69) is 32.2 Å². The van der Waals surface area contributed by atoms with Crippen molar-refractivity contribution in [1.29, 1.82) is 5.26 Å². The molecule has 0 radical (unpaired) electrons. The topological polar surface area (TPSA) is 112 Å². The van der Waals surface area contributed by atoms with Crippen molar-refractivity contribution in [2.24, 2.45) is 5.92 Å². The Balaban J connectivity index is 1.23. The zero-order valence-corrected chi connectivity index (χ0v) is 16.4. The van der Waals surface area contributed by atoms with Gasteiger partial charge in [0.1, 0.15) is 6.04 Å². The van der Waals surface area contributed by atoms with Gasteiger partial charge in [0, 0.05) is 19.1 Å². The summed E-state index contributed by atoms with van der Waals surface area (Å²) in [7, 11) is 0. The largest absolute Gasteiger partial charge is 0.352 e. The monoisotopic (exact) mass is 394 g/mol. The Morgan fingerprint density at radius 2 is 2.10 bits per heavy atom. The molecule has 2 fully saturated rings. The number of para-hydroxylation sites is 1. The van der Waals surface area contributed by atoms with E-state index in [-0.39, 0.29) is 11.9 Å². The second kappa shape index (κ2) is 9.01. The molecule has 2 aliphatic rings. The molecule has 1 saturated carbocycles. The molecule has 1 aromatic carbocycles. The number of nitrogens with zero attached hydrogens (tertiary/aromatic N) is 6. The lowest BCUT2D eigenvalue weighted by atomic mass is 10.1. The van der Waals surface area contributed by atoms with Gasteiger partial charge in [-0.1, -0.05) is 23.3 Å². The molecule has 2 aromatic rings. The van der Waals surface area contributed by atoms with E-state index in [1.807, 2.05) is 30.3 Å². The third-order valence-electron chi connectivity index (χ3n) is 5.82. The minimum absolute atomic E-state index is 0.0395. The van der Waals surface area contributed by atoms with Gasteiger partial charge in [-0.15, -0.1) is 0 Å². The van der Waals surface area contributed by atoms with E-state index < -0.39 is 0 Å². The van der Waals surface area contributed by atoms with Crippen LogP contribution >= 0.6 is 0 Å². The fourth-order valence-electron chi connectivity index (χ4n) is 4.25. The van der Waals surface area contributed by atoms with Gasteiger partial charge in [-0.3, -0.25) is 4.79 Å². The lowest BCUT2D eigenvalue weighted by molar-refractivity contribution is -0.130. The molecule has 9 nitrogen and oxygen atoms in total. The number of anilines is 1. The number of aromatic nitrogens is 4. The van der Waals surface area contributed by atoms with Crippen molar-refractivity contribution in [2.75, 3.05) is 25.0 Å². The number of benzene rings is 1. The number of amides is 1. The van der Waals surface area contributed by atoms with Crippen LogP contribution in [-0.4, -0.2) is 62.7 Å². The summed E-state index contributed by atoms with van der Waals surface area (Å²) in [5, 5.41) is 27.8. The molecule has 1 aromatic heterocycles. The van der Waals surface area contributed by atoms with Crippen LogP contribution in [0.2, 0.25) is 0 Å². The molecule has 0 unspecified atom stereocenters. The highest BCUT2D eigenvalue weighted by molar-refractivity contribution is 5.79. The normalized spacial score (nSPS) is 23.8. The van der Waals surface area contributed by atoms with E-state index in [9.17, 15) is 4.79 Å². The van der Waals surface area contributed by atoms with Gasteiger partial charge in [-0.2, -0.15) is 9.94 Å². The third kappa shape index (κ3) is 4.54. The molecule has 1 aliphatic carbocycles. The Kier molecular flexibility index (Phi) is 6.00. The lowest BCUT2D eigenvalue weighted by Gasteiger charge is -2.21. The number of nitriles is 1. The van der Waals surface area contributed by atoms with Crippen LogP contribution in [0.4, 0.5) is 5.95 Å². The molecular weight excluding hydrogens is 368 g/mol. The first-order valence-electron chi connectivity index (χ1n) is 10.2. The Morgan fingerprint density at radius 3 is 2.93 bits per heavy atom. The maximum Gasteiger partial charge on any atom is 0.247 e. The number of rotatable bonds is 7. The van der Waals surface area contributed by atoms with Gasteiger partial charge in [0.15, 0.2) is 0 Å². The maximum absolute atomic E-state index is 12.4. The van der Waals surface area contributed by atoms with Crippen LogP contribution in [0.3, 0.4) is 0 Å². The van der Waals surface area contributed by atoms with Crippen LogP contribution in [0.5, 0.6) is 0 Å². The highest BCUT2D eigenvalue weighted by Crippen LogP contribution is 2.26. The van der Waals surface area contributed by atoms with Crippen LogP contribution in [0, 0.1) is 17.2 Å². The summed E-state index contributed by atoms with van der Waals surface area (Å²) in [4.78, 5) is 14.1. The number of hydrogen-bond acceptors (Lipinski definition) is 7. The van der Waals surface area contributed by atoms with Crippen LogP contribution in [0.15, 0.2) is 30.3 Å². The zero-order chi connectivity index (χ0) is 20.1. The van der Waals surface area contributed by atoms with Crippen LogP contribution < -0.4 is 10.6 Å². The van der Waals surface area contributed by atoms with Gasteiger partial charge in [0.25, 0.3) is 0 Å². The lowest BCUT2D eigenvalue weighted by Crippen LogP contribution is -2.43. The highest BCUT2D eigenvalue weighted by Gasteiger charge is 2.30. The standard InChI is InChI=1S/C20H26N8O/c21-12-18-7-4-10-27(18)19(29)14-22-16-9-8-15(11-16)13-23-20-24-25-26-28(20)17-5-2-1-3-6-17/h1-3,5-6,15-16,18,22H,4,7-11,13-14H2,(H,23,24,26)/t15-,16+,18-/m0/s1. The Morgan fingerprint density at radius 1 is 1.24 bits per heavy atom. The van der Waals surface area contributed by atoms with Gasteiger partial charge in [0.2, 0.25) is 11.9 Å². The van der Waals surface area contributed by atoms with Crippen LogP contribution in [-0.2, 0) is 4.79 Å². The first kappa shape index (κ1) is 19.3. The Labute approximate surface area is 170 Å². The van der Waals surface area contributed by atoms with E-state index >= 15 is 0 Å². The molecule has 1 saturated heterocycles. The molecule has 0 spiro atoms. The summed E-state index contributed by atoms with van der Waals surface area (Å²) >= 11 is 0. The second-order valence-electron chi connectivity index (χ2n) is 7.76. The van der Waals surface area contributed by atoms with Crippen molar-refractivity contribution in [3.05, 3.63) is 30.3 Å². The molecule has 152 valence electrons. The zero-order valence-electron chi connectivity index (χ0n) is 16.4.